The van der Waals surface area contributed by atoms with Crippen LogP contribution in [0.5, 0.6) is 0 Å². The Morgan fingerprint density at radius 2 is 2.00 bits per heavy atom. The summed E-state index contributed by atoms with van der Waals surface area (Å²) < 4.78 is 16.0. The first-order chi connectivity index (χ1) is 13.1. The highest BCUT2D eigenvalue weighted by molar-refractivity contribution is 14.0. The van der Waals surface area contributed by atoms with Gasteiger partial charge in [0.15, 0.2) is 5.96 Å². The molecule has 0 atom stereocenters. The maximum absolute atomic E-state index is 5.41. The van der Waals surface area contributed by atoms with Crippen LogP contribution >= 0.6 is 24.0 Å². The number of aliphatic imine (C=N–C) groups is 1. The van der Waals surface area contributed by atoms with Crippen LogP contribution in [-0.2, 0) is 15.9 Å². The van der Waals surface area contributed by atoms with E-state index in [0.717, 1.165) is 83.7 Å². The zero-order valence-electron chi connectivity index (χ0n) is 17.5. The van der Waals surface area contributed by atoms with E-state index in [1.807, 2.05) is 12.1 Å². The highest BCUT2D eigenvalue weighted by Crippen LogP contribution is 2.20. The first kappa shape index (κ1) is 25.2. The Morgan fingerprint density at radius 1 is 1.25 bits per heavy atom. The number of ether oxygens (including phenoxy) is 2. The van der Waals surface area contributed by atoms with Gasteiger partial charge in [0.25, 0.3) is 0 Å². The molecule has 2 rings (SSSR count). The van der Waals surface area contributed by atoms with Gasteiger partial charge < -0.3 is 24.5 Å². The lowest BCUT2D eigenvalue weighted by molar-refractivity contribution is 0.0389. The second kappa shape index (κ2) is 14.2. The summed E-state index contributed by atoms with van der Waals surface area (Å²) in [5.74, 6) is 1.84. The van der Waals surface area contributed by atoms with Crippen LogP contribution in [0, 0.1) is 5.41 Å². The monoisotopic (exact) mass is 508 g/mol. The van der Waals surface area contributed by atoms with Crippen molar-refractivity contribution in [3.05, 3.63) is 24.2 Å². The van der Waals surface area contributed by atoms with E-state index in [9.17, 15) is 0 Å². The molecular weight excluding hydrogens is 471 g/mol. The normalized spacial score (nSPS) is 15.9. The number of rotatable bonds is 11. The standard InChI is InChI=1S/C20H36N4O3.HI/c1-20(2,7-14-25-3)17-23-19(21-8-6-18-5-4-13-27-18)22-9-10-24-11-15-26-16-12-24;/h4-5,13H,6-12,14-17H2,1-3H3,(H2,21,22,23);1H. The van der Waals surface area contributed by atoms with Crippen molar-refractivity contribution in [1.82, 2.24) is 15.5 Å². The van der Waals surface area contributed by atoms with Gasteiger partial charge in [0.2, 0.25) is 0 Å². The van der Waals surface area contributed by atoms with E-state index in [1.165, 1.54) is 0 Å². The summed E-state index contributed by atoms with van der Waals surface area (Å²) in [6.45, 7) is 12.3. The maximum Gasteiger partial charge on any atom is 0.191 e. The molecule has 8 heteroatoms. The predicted molar refractivity (Wildman–Crippen MR) is 124 cm³/mol. The van der Waals surface area contributed by atoms with Crippen LogP contribution < -0.4 is 10.6 Å². The van der Waals surface area contributed by atoms with Gasteiger partial charge in [-0.2, -0.15) is 0 Å². The lowest BCUT2D eigenvalue weighted by Crippen LogP contribution is -2.45. The summed E-state index contributed by atoms with van der Waals surface area (Å²) in [4.78, 5) is 7.23. The molecule has 0 aliphatic carbocycles. The number of furan rings is 1. The van der Waals surface area contributed by atoms with Crippen molar-refractivity contribution in [2.75, 3.05) is 66.2 Å². The maximum atomic E-state index is 5.41. The SMILES string of the molecule is COCCC(C)(C)CN=C(NCCc1ccco1)NCCN1CCOCC1.I. The number of morpholine rings is 1. The van der Waals surface area contributed by atoms with Crippen LogP contribution in [0.25, 0.3) is 0 Å². The highest BCUT2D eigenvalue weighted by Gasteiger charge is 2.17. The molecule has 1 aliphatic heterocycles. The number of hydrogen-bond acceptors (Lipinski definition) is 5. The molecular formula is C20H37IN4O3. The van der Waals surface area contributed by atoms with Gasteiger partial charge in [0.05, 0.1) is 19.5 Å². The van der Waals surface area contributed by atoms with E-state index in [0.29, 0.717) is 0 Å². The fourth-order valence-corrected chi connectivity index (χ4v) is 2.84. The van der Waals surface area contributed by atoms with E-state index in [4.69, 9.17) is 18.9 Å². The van der Waals surface area contributed by atoms with E-state index >= 15 is 0 Å². The molecule has 0 radical (unpaired) electrons. The smallest absolute Gasteiger partial charge is 0.191 e. The van der Waals surface area contributed by atoms with Crippen molar-refractivity contribution in [2.45, 2.75) is 26.7 Å². The first-order valence-corrected chi connectivity index (χ1v) is 9.93. The first-order valence-electron chi connectivity index (χ1n) is 9.93. The molecule has 0 spiro atoms. The summed E-state index contributed by atoms with van der Waals surface area (Å²) in [7, 11) is 1.74. The zero-order chi connectivity index (χ0) is 19.4. The van der Waals surface area contributed by atoms with E-state index in [1.54, 1.807) is 13.4 Å². The second-order valence-corrected chi connectivity index (χ2v) is 7.71. The molecule has 0 unspecified atom stereocenters. The summed E-state index contributed by atoms with van der Waals surface area (Å²) in [5, 5.41) is 6.90. The van der Waals surface area contributed by atoms with Crippen molar-refractivity contribution in [3.8, 4) is 0 Å². The molecule has 1 aromatic heterocycles. The molecule has 2 heterocycles. The minimum absolute atomic E-state index is 0. The minimum atomic E-state index is 0. The zero-order valence-corrected chi connectivity index (χ0v) is 19.9. The number of guanidine groups is 1. The Labute approximate surface area is 186 Å². The van der Waals surface area contributed by atoms with E-state index in [-0.39, 0.29) is 29.4 Å². The van der Waals surface area contributed by atoms with Crippen LogP contribution in [0.2, 0.25) is 0 Å². The summed E-state index contributed by atoms with van der Waals surface area (Å²) in [5.41, 5.74) is 0.107. The third-order valence-corrected chi connectivity index (χ3v) is 4.72. The fraction of sp³-hybridized carbons (Fsp3) is 0.750. The molecule has 2 N–H and O–H groups in total. The van der Waals surface area contributed by atoms with Crippen molar-refractivity contribution in [2.24, 2.45) is 10.4 Å². The Kier molecular flexibility index (Phi) is 12.8. The lowest BCUT2D eigenvalue weighted by atomic mass is 9.90. The van der Waals surface area contributed by atoms with Gasteiger partial charge in [0.1, 0.15) is 5.76 Å². The largest absolute Gasteiger partial charge is 0.469 e. The van der Waals surface area contributed by atoms with E-state index < -0.39 is 0 Å². The van der Waals surface area contributed by atoms with Gasteiger partial charge in [-0.25, -0.2) is 0 Å². The molecule has 1 fully saturated rings. The topological polar surface area (TPSA) is 71.3 Å². The van der Waals surface area contributed by atoms with Crippen LogP contribution in [0.4, 0.5) is 0 Å². The quantitative estimate of drug-likeness (QED) is 0.272. The molecule has 0 aromatic carbocycles. The van der Waals surface area contributed by atoms with Crippen molar-refractivity contribution < 1.29 is 13.9 Å². The Morgan fingerprint density at radius 3 is 2.68 bits per heavy atom. The van der Waals surface area contributed by atoms with Gasteiger partial charge in [-0.3, -0.25) is 9.89 Å². The van der Waals surface area contributed by atoms with Gasteiger partial charge in [0, 0.05) is 59.4 Å². The minimum Gasteiger partial charge on any atom is -0.469 e. The van der Waals surface area contributed by atoms with Crippen LogP contribution in [-0.4, -0.2) is 77.1 Å². The van der Waals surface area contributed by atoms with Crippen molar-refractivity contribution >= 4 is 29.9 Å². The third kappa shape index (κ3) is 10.6. The van der Waals surface area contributed by atoms with E-state index in [2.05, 4.69) is 29.4 Å². The van der Waals surface area contributed by atoms with Gasteiger partial charge in [-0.15, -0.1) is 24.0 Å². The fourth-order valence-electron chi connectivity index (χ4n) is 2.84. The highest BCUT2D eigenvalue weighted by atomic mass is 127. The summed E-state index contributed by atoms with van der Waals surface area (Å²) in [6, 6.07) is 3.92. The average molecular weight is 508 g/mol. The van der Waals surface area contributed by atoms with Gasteiger partial charge >= 0.3 is 0 Å². The molecule has 1 aliphatic rings. The van der Waals surface area contributed by atoms with Crippen LogP contribution in [0.15, 0.2) is 27.8 Å². The van der Waals surface area contributed by atoms with Crippen molar-refractivity contribution in [3.63, 3.8) is 0 Å². The van der Waals surface area contributed by atoms with Gasteiger partial charge in [-0.05, 0) is 24.0 Å². The van der Waals surface area contributed by atoms with Gasteiger partial charge in [-0.1, -0.05) is 13.8 Å². The number of methoxy groups -OCH3 is 1. The molecule has 7 nitrogen and oxygen atoms in total. The third-order valence-electron chi connectivity index (χ3n) is 4.72. The molecule has 0 amide bonds. The Bertz CT molecular complexity index is 532. The molecule has 162 valence electrons. The Hall–Kier alpha value is -0.840. The number of hydrogen-bond donors (Lipinski definition) is 2. The number of nitrogens with zero attached hydrogens (tertiary/aromatic N) is 2. The number of halogens is 1. The molecule has 0 saturated carbocycles. The number of nitrogens with one attached hydrogen (secondary N) is 2. The van der Waals surface area contributed by atoms with Crippen molar-refractivity contribution in [1.29, 1.82) is 0 Å². The second-order valence-electron chi connectivity index (χ2n) is 7.71. The Balaban J connectivity index is 0.00000392. The molecule has 0 bridgehead atoms. The summed E-state index contributed by atoms with van der Waals surface area (Å²) >= 11 is 0. The molecule has 1 aromatic rings. The van der Waals surface area contributed by atoms with Crippen LogP contribution in [0.3, 0.4) is 0 Å². The van der Waals surface area contributed by atoms with Crippen LogP contribution in [0.1, 0.15) is 26.0 Å². The molecule has 28 heavy (non-hydrogen) atoms. The average Bonchev–Trinajstić information content (AvgIpc) is 3.18. The summed E-state index contributed by atoms with van der Waals surface area (Å²) in [6.07, 6.45) is 3.54. The predicted octanol–water partition coefficient (Wildman–Crippen LogP) is 2.37. The lowest BCUT2D eigenvalue weighted by Gasteiger charge is -2.27. The molecule has 1 saturated heterocycles.